The first-order valence-electron chi connectivity index (χ1n) is 4.16. The van der Waals surface area contributed by atoms with Gasteiger partial charge in [-0.3, -0.25) is 0 Å². The van der Waals surface area contributed by atoms with E-state index in [2.05, 4.69) is 4.74 Å². The Morgan fingerprint density at radius 1 is 1.27 bits per heavy atom. The van der Waals surface area contributed by atoms with Gasteiger partial charge in [-0.15, -0.1) is 0 Å². The maximum Gasteiger partial charge on any atom is 0.274 e. The number of aliphatic hydroxyl groups is 5. The molecule has 1 aliphatic heterocycles. The Bertz CT molecular complexity index is 228. The minimum absolute atomic E-state index is 0.783. The Morgan fingerprint density at radius 2 is 1.80 bits per heavy atom. The van der Waals surface area contributed by atoms with E-state index in [1.807, 2.05) is 0 Å². The summed E-state index contributed by atoms with van der Waals surface area (Å²) in [6.45, 7) is -0.783. The third kappa shape index (κ3) is 1.84. The van der Waals surface area contributed by atoms with Crippen molar-refractivity contribution in [3.05, 3.63) is 0 Å². The van der Waals surface area contributed by atoms with Gasteiger partial charge in [0, 0.05) is 0 Å². The lowest BCUT2D eigenvalue weighted by Crippen LogP contribution is -2.69. The second-order valence-corrected chi connectivity index (χ2v) is 3.33. The van der Waals surface area contributed by atoms with Gasteiger partial charge in [-0.05, 0) is 0 Å². The van der Waals surface area contributed by atoms with Gasteiger partial charge in [0.1, 0.15) is 18.3 Å². The SMILES string of the molecule is OC[C@H]1OC(O)[C@@](O)(C(F)F)[C@@H](O)[C@@H]1O. The fraction of sp³-hybridized carbons (Fsp3) is 1.00. The first-order chi connectivity index (χ1) is 6.85. The van der Waals surface area contributed by atoms with Crippen molar-refractivity contribution >= 4 is 0 Å². The molecule has 0 saturated carbocycles. The number of alkyl halides is 2. The van der Waals surface area contributed by atoms with Gasteiger partial charge in [0.2, 0.25) is 5.60 Å². The van der Waals surface area contributed by atoms with E-state index in [0.29, 0.717) is 0 Å². The van der Waals surface area contributed by atoms with Crippen LogP contribution in [0.1, 0.15) is 0 Å². The van der Waals surface area contributed by atoms with Crippen molar-refractivity contribution in [2.75, 3.05) is 6.61 Å². The van der Waals surface area contributed by atoms with Crippen LogP contribution >= 0.6 is 0 Å². The quantitative estimate of drug-likeness (QED) is 0.356. The lowest BCUT2D eigenvalue weighted by Gasteiger charge is -2.45. The number of halogens is 2. The highest BCUT2D eigenvalue weighted by Crippen LogP contribution is 2.33. The highest BCUT2D eigenvalue weighted by atomic mass is 19.3. The van der Waals surface area contributed by atoms with E-state index in [1.54, 1.807) is 0 Å². The molecular formula is C7H12F2O6. The summed E-state index contributed by atoms with van der Waals surface area (Å²) < 4.78 is 29.1. The minimum Gasteiger partial charge on any atom is -0.394 e. The predicted molar refractivity (Wildman–Crippen MR) is 40.9 cm³/mol. The van der Waals surface area contributed by atoms with E-state index < -0.39 is 43.2 Å². The fourth-order valence-corrected chi connectivity index (χ4v) is 1.37. The van der Waals surface area contributed by atoms with Crippen LogP contribution in [0.4, 0.5) is 8.78 Å². The molecular weight excluding hydrogens is 218 g/mol. The van der Waals surface area contributed by atoms with Crippen LogP contribution in [0.5, 0.6) is 0 Å². The number of aliphatic hydroxyl groups excluding tert-OH is 4. The van der Waals surface area contributed by atoms with Crippen LogP contribution < -0.4 is 0 Å². The van der Waals surface area contributed by atoms with Gasteiger partial charge in [-0.25, -0.2) is 8.78 Å². The van der Waals surface area contributed by atoms with Crippen LogP contribution in [0.2, 0.25) is 0 Å². The van der Waals surface area contributed by atoms with Crippen molar-refractivity contribution in [3.8, 4) is 0 Å². The van der Waals surface area contributed by atoms with E-state index >= 15 is 0 Å². The molecule has 0 aliphatic carbocycles. The van der Waals surface area contributed by atoms with Crippen molar-refractivity contribution in [1.29, 1.82) is 0 Å². The van der Waals surface area contributed by atoms with Gasteiger partial charge >= 0.3 is 0 Å². The monoisotopic (exact) mass is 230 g/mol. The maximum atomic E-state index is 12.4. The summed E-state index contributed by atoms with van der Waals surface area (Å²) in [6, 6.07) is 0. The predicted octanol–water partition coefficient (Wildman–Crippen LogP) is -2.59. The third-order valence-electron chi connectivity index (χ3n) is 2.41. The maximum absolute atomic E-state index is 12.4. The molecule has 1 aliphatic rings. The molecule has 0 bridgehead atoms. The summed E-state index contributed by atoms with van der Waals surface area (Å²) in [7, 11) is 0. The highest BCUT2D eigenvalue weighted by molar-refractivity contribution is 5.01. The molecule has 0 amide bonds. The van der Waals surface area contributed by atoms with E-state index in [0.717, 1.165) is 0 Å². The first kappa shape index (κ1) is 12.7. The highest BCUT2D eigenvalue weighted by Gasteiger charge is 2.59. The van der Waals surface area contributed by atoms with Crippen LogP contribution in [0, 0.1) is 0 Å². The Morgan fingerprint density at radius 3 is 2.20 bits per heavy atom. The average molecular weight is 230 g/mol. The molecule has 0 spiro atoms. The van der Waals surface area contributed by atoms with Crippen molar-refractivity contribution in [2.45, 2.75) is 36.6 Å². The van der Waals surface area contributed by atoms with Crippen LogP contribution in [-0.2, 0) is 4.74 Å². The number of hydrogen-bond donors (Lipinski definition) is 5. The van der Waals surface area contributed by atoms with E-state index in [-0.39, 0.29) is 0 Å². The molecule has 1 unspecified atom stereocenters. The number of hydrogen-bond acceptors (Lipinski definition) is 6. The molecule has 5 atom stereocenters. The second kappa shape index (κ2) is 4.24. The molecule has 1 saturated heterocycles. The molecule has 0 aromatic carbocycles. The van der Waals surface area contributed by atoms with Crippen molar-refractivity contribution in [1.82, 2.24) is 0 Å². The third-order valence-corrected chi connectivity index (χ3v) is 2.41. The molecule has 0 aromatic rings. The zero-order chi connectivity index (χ0) is 11.8. The molecule has 1 rings (SSSR count). The number of rotatable bonds is 2. The Balaban J connectivity index is 2.93. The van der Waals surface area contributed by atoms with Crippen LogP contribution in [0.15, 0.2) is 0 Å². The topological polar surface area (TPSA) is 110 Å². The van der Waals surface area contributed by atoms with Crippen LogP contribution in [0.25, 0.3) is 0 Å². The van der Waals surface area contributed by atoms with Crippen LogP contribution in [-0.4, -0.2) is 68.8 Å². The average Bonchev–Trinajstić information content (AvgIpc) is 2.20. The van der Waals surface area contributed by atoms with Gasteiger partial charge < -0.3 is 30.3 Å². The molecule has 0 aromatic heterocycles. The van der Waals surface area contributed by atoms with Crippen molar-refractivity contribution in [3.63, 3.8) is 0 Å². The molecule has 0 radical (unpaired) electrons. The summed E-state index contributed by atoms with van der Waals surface area (Å²) >= 11 is 0. The molecule has 8 heteroatoms. The van der Waals surface area contributed by atoms with Gasteiger partial charge in [0.05, 0.1) is 6.61 Å². The summed E-state index contributed by atoms with van der Waals surface area (Å²) in [6.07, 6.45) is -11.5. The lowest BCUT2D eigenvalue weighted by atomic mass is 9.87. The molecule has 5 N–H and O–H groups in total. The Hall–Kier alpha value is -0.380. The zero-order valence-corrected chi connectivity index (χ0v) is 7.49. The second-order valence-electron chi connectivity index (χ2n) is 3.33. The minimum atomic E-state index is -3.50. The largest absolute Gasteiger partial charge is 0.394 e. The molecule has 1 heterocycles. The summed E-state index contributed by atoms with van der Waals surface area (Å²) in [5.41, 5.74) is -3.26. The van der Waals surface area contributed by atoms with E-state index in [1.165, 1.54) is 0 Å². The normalized spacial score (nSPS) is 47.2. The Kier molecular flexibility index (Phi) is 3.59. The van der Waals surface area contributed by atoms with Crippen LogP contribution in [0.3, 0.4) is 0 Å². The smallest absolute Gasteiger partial charge is 0.274 e. The van der Waals surface area contributed by atoms with Crippen molar-refractivity contribution < 1.29 is 39.1 Å². The van der Waals surface area contributed by atoms with E-state index in [9.17, 15) is 24.1 Å². The number of ether oxygens (including phenoxy) is 1. The fourth-order valence-electron chi connectivity index (χ4n) is 1.37. The lowest BCUT2D eigenvalue weighted by molar-refractivity contribution is -0.354. The van der Waals surface area contributed by atoms with Gasteiger partial charge in [-0.2, -0.15) is 0 Å². The zero-order valence-electron chi connectivity index (χ0n) is 7.49. The van der Waals surface area contributed by atoms with Gasteiger partial charge in [-0.1, -0.05) is 0 Å². The van der Waals surface area contributed by atoms with Crippen molar-refractivity contribution in [2.24, 2.45) is 0 Å². The Labute approximate surface area is 83.3 Å². The molecule has 1 fully saturated rings. The molecule has 6 nitrogen and oxygen atoms in total. The first-order valence-corrected chi connectivity index (χ1v) is 4.16. The standard InChI is InChI=1S/C7H12F2O6/c8-5(9)7(14)4(12)3(11)2(1-10)15-6(7)13/h2-6,10-14H,1H2/t2-,3-,4+,6?,7+/m1/s1. The summed E-state index contributed by atoms with van der Waals surface area (Å²) in [5.74, 6) is 0. The van der Waals surface area contributed by atoms with Gasteiger partial charge in [0.25, 0.3) is 6.43 Å². The molecule has 15 heavy (non-hydrogen) atoms. The summed E-state index contributed by atoms with van der Waals surface area (Å²) in [5, 5.41) is 45.3. The van der Waals surface area contributed by atoms with Gasteiger partial charge in [0.15, 0.2) is 6.29 Å². The summed E-state index contributed by atoms with van der Waals surface area (Å²) in [4.78, 5) is 0. The molecule has 90 valence electrons. The van der Waals surface area contributed by atoms with E-state index in [4.69, 9.17) is 10.2 Å².